The van der Waals surface area contributed by atoms with Crippen LogP contribution in [0.15, 0.2) is 30.3 Å². The van der Waals surface area contributed by atoms with Gasteiger partial charge in [0.05, 0.1) is 13.7 Å². The number of methoxy groups -OCH3 is 1. The molecule has 0 N–H and O–H groups in total. The van der Waals surface area contributed by atoms with Crippen molar-refractivity contribution in [2.75, 3.05) is 13.7 Å². The molecule has 0 aliphatic carbocycles. The minimum Gasteiger partial charge on any atom is -0.496 e. The Kier molecular flexibility index (Phi) is 7.30. The van der Waals surface area contributed by atoms with Gasteiger partial charge < -0.3 is 9.47 Å². The molecule has 0 aliphatic rings. The lowest BCUT2D eigenvalue weighted by molar-refractivity contribution is 0.0496. The topological polar surface area (TPSA) is 35.5 Å². The Morgan fingerprint density at radius 3 is 2.52 bits per heavy atom. The van der Waals surface area contributed by atoms with Crippen LogP contribution in [0.5, 0.6) is 5.75 Å². The minimum atomic E-state index is -0.293. The van der Waals surface area contributed by atoms with Crippen LogP contribution in [0.1, 0.15) is 61.9 Å². The third-order valence-corrected chi connectivity index (χ3v) is 4.55. The number of benzene rings is 2. The maximum atomic E-state index is 12.7. The van der Waals surface area contributed by atoms with Gasteiger partial charge in [-0.25, -0.2) is 4.79 Å². The zero-order valence-corrected chi connectivity index (χ0v) is 15.9. The number of esters is 1. The zero-order chi connectivity index (χ0) is 18.2. The molecule has 0 spiro atoms. The van der Waals surface area contributed by atoms with Gasteiger partial charge in [0, 0.05) is 5.39 Å². The van der Waals surface area contributed by atoms with E-state index in [1.807, 2.05) is 37.3 Å². The van der Waals surface area contributed by atoms with Gasteiger partial charge in [0.1, 0.15) is 11.3 Å². The van der Waals surface area contributed by atoms with E-state index in [1.54, 1.807) is 7.11 Å². The van der Waals surface area contributed by atoms with Gasteiger partial charge >= 0.3 is 5.97 Å². The second-order valence-corrected chi connectivity index (χ2v) is 7.05. The van der Waals surface area contributed by atoms with E-state index in [9.17, 15) is 4.79 Å². The lowest BCUT2D eigenvalue weighted by Gasteiger charge is -2.13. The molecule has 0 amide bonds. The monoisotopic (exact) mass is 342 g/mol. The van der Waals surface area contributed by atoms with Crippen LogP contribution in [0.3, 0.4) is 0 Å². The minimum absolute atomic E-state index is 0.293. The highest BCUT2D eigenvalue weighted by Gasteiger charge is 2.19. The lowest BCUT2D eigenvalue weighted by Crippen LogP contribution is -2.09. The maximum Gasteiger partial charge on any atom is 0.342 e. The number of aryl methyl sites for hydroxylation is 1. The summed E-state index contributed by atoms with van der Waals surface area (Å²) in [4.78, 5) is 12.7. The number of carbonyl (C=O) groups is 1. The molecule has 2 rings (SSSR count). The van der Waals surface area contributed by atoms with E-state index in [2.05, 4.69) is 13.8 Å². The SMILES string of the molecule is COc1ccc2cccc(C)c2c1C(=O)OCCCCCCC(C)C. The molecular weight excluding hydrogens is 312 g/mol. The van der Waals surface area contributed by atoms with Gasteiger partial charge in [-0.15, -0.1) is 0 Å². The first-order chi connectivity index (χ1) is 12.0. The number of fused-ring (bicyclic) bond motifs is 1. The molecule has 3 nitrogen and oxygen atoms in total. The Labute approximate surface area is 151 Å². The van der Waals surface area contributed by atoms with Crippen molar-refractivity contribution in [2.45, 2.75) is 52.9 Å². The second-order valence-electron chi connectivity index (χ2n) is 7.05. The molecule has 0 saturated carbocycles. The molecule has 0 radical (unpaired) electrons. The van der Waals surface area contributed by atoms with E-state index in [0.717, 1.165) is 35.1 Å². The number of rotatable bonds is 9. The molecule has 0 fully saturated rings. The van der Waals surface area contributed by atoms with Crippen molar-refractivity contribution in [3.8, 4) is 5.75 Å². The van der Waals surface area contributed by atoms with Gasteiger partial charge in [0.2, 0.25) is 0 Å². The van der Waals surface area contributed by atoms with Gasteiger partial charge in [-0.2, -0.15) is 0 Å². The van der Waals surface area contributed by atoms with Crippen molar-refractivity contribution in [1.29, 1.82) is 0 Å². The lowest BCUT2D eigenvalue weighted by atomic mass is 9.99. The fraction of sp³-hybridized carbons (Fsp3) is 0.500. The average molecular weight is 342 g/mol. The van der Waals surface area contributed by atoms with Crippen LogP contribution in [-0.2, 0) is 4.74 Å². The van der Waals surface area contributed by atoms with Gasteiger partial charge in [-0.05, 0) is 36.3 Å². The van der Waals surface area contributed by atoms with Gasteiger partial charge in [0.25, 0.3) is 0 Å². The molecule has 0 aliphatic heterocycles. The summed E-state index contributed by atoms with van der Waals surface area (Å²) < 4.78 is 11.0. The highest BCUT2D eigenvalue weighted by Crippen LogP contribution is 2.31. The van der Waals surface area contributed by atoms with Crippen LogP contribution >= 0.6 is 0 Å². The van der Waals surface area contributed by atoms with Crippen LogP contribution in [0.4, 0.5) is 0 Å². The van der Waals surface area contributed by atoms with E-state index >= 15 is 0 Å². The molecule has 136 valence electrons. The van der Waals surface area contributed by atoms with E-state index in [4.69, 9.17) is 9.47 Å². The smallest absolute Gasteiger partial charge is 0.342 e. The number of hydrogen-bond acceptors (Lipinski definition) is 3. The zero-order valence-electron chi connectivity index (χ0n) is 15.9. The summed E-state index contributed by atoms with van der Waals surface area (Å²) >= 11 is 0. The van der Waals surface area contributed by atoms with Crippen molar-refractivity contribution in [2.24, 2.45) is 5.92 Å². The van der Waals surface area contributed by atoms with Crippen molar-refractivity contribution in [3.05, 3.63) is 41.5 Å². The van der Waals surface area contributed by atoms with Gasteiger partial charge in [-0.1, -0.05) is 63.8 Å². The average Bonchev–Trinajstić information content (AvgIpc) is 2.59. The Balaban J connectivity index is 1.99. The fourth-order valence-corrected chi connectivity index (χ4v) is 3.16. The number of ether oxygens (including phenoxy) is 2. The highest BCUT2D eigenvalue weighted by molar-refractivity contribution is 6.08. The van der Waals surface area contributed by atoms with Crippen LogP contribution in [0, 0.1) is 12.8 Å². The predicted molar refractivity (Wildman–Crippen MR) is 103 cm³/mol. The molecule has 2 aromatic carbocycles. The van der Waals surface area contributed by atoms with E-state index in [-0.39, 0.29) is 5.97 Å². The fourth-order valence-electron chi connectivity index (χ4n) is 3.16. The summed E-state index contributed by atoms with van der Waals surface area (Å²) in [6.45, 7) is 6.97. The van der Waals surface area contributed by atoms with Gasteiger partial charge in [0.15, 0.2) is 0 Å². The molecule has 0 bridgehead atoms. The Bertz CT molecular complexity index is 704. The molecule has 3 heteroatoms. The molecule has 0 heterocycles. The summed E-state index contributed by atoms with van der Waals surface area (Å²) in [6, 6.07) is 9.83. The summed E-state index contributed by atoms with van der Waals surface area (Å²) in [5.41, 5.74) is 1.59. The molecular formula is C22H30O3. The van der Waals surface area contributed by atoms with E-state index in [0.29, 0.717) is 17.9 Å². The highest BCUT2D eigenvalue weighted by atomic mass is 16.5. The number of unbranched alkanes of at least 4 members (excludes halogenated alkanes) is 3. The molecule has 0 unspecified atom stereocenters. The molecule has 2 aromatic rings. The molecule has 25 heavy (non-hydrogen) atoms. The largest absolute Gasteiger partial charge is 0.496 e. The van der Waals surface area contributed by atoms with Crippen LogP contribution < -0.4 is 4.74 Å². The van der Waals surface area contributed by atoms with Crippen molar-refractivity contribution in [3.63, 3.8) is 0 Å². The second kappa shape index (κ2) is 9.45. The Morgan fingerprint density at radius 1 is 1.04 bits per heavy atom. The first-order valence-electron chi connectivity index (χ1n) is 9.28. The summed E-state index contributed by atoms with van der Waals surface area (Å²) in [5, 5.41) is 1.95. The standard InChI is InChI=1S/C22H30O3/c1-16(2)10-7-5-6-8-15-25-22(23)21-19(24-4)14-13-18-12-9-11-17(3)20(18)21/h9,11-14,16H,5-8,10,15H2,1-4H3. The first kappa shape index (κ1) is 19.3. The van der Waals surface area contributed by atoms with E-state index < -0.39 is 0 Å². The summed E-state index contributed by atoms with van der Waals surface area (Å²) in [6.07, 6.45) is 5.74. The maximum absolute atomic E-state index is 12.7. The van der Waals surface area contributed by atoms with Crippen LogP contribution in [-0.4, -0.2) is 19.7 Å². The molecule has 0 aromatic heterocycles. The number of hydrogen-bond donors (Lipinski definition) is 0. The Hall–Kier alpha value is -2.03. The molecule has 0 atom stereocenters. The van der Waals surface area contributed by atoms with Crippen molar-refractivity contribution < 1.29 is 14.3 Å². The Morgan fingerprint density at radius 2 is 1.80 bits per heavy atom. The van der Waals surface area contributed by atoms with Crippen LogP contribution in [0.25, 0.3) is 10.8 Å². The first-order valence-corrected chi connectivity index (χ1v) is 9.28. The van der Waals surface area contributed by atoms with Gasteiger partial charge in [-0.3, -0.25) is 0 Å². The van der Waals surface area contributed by atoms with E-state index in [1.165, 1.54) is 19.3 Å². The quantitative estimate of drug-likeness (QED) is 0.419. The van der Waals surface area contributed by atoms with Crippen molar-refractivity contribution >= 4 is 16.7 Å². The van der Waals surface area contributed by atoms with Crippen LogP contribution in [0.2, 0.25) is 0 Å². The summed E-state index contributed by atoms with van der Waals surface area (Å²) in [5.74, 6) is 1.04. The summed E-state index contributed by atoms with van der Waals surface area (Å²) in [7, 11) is 1.59. The van der Waals surface area contributed by atoms with Crippen molar-refractivity contribution in [1.82, 2.24) is 0 Å². The molecule has 0 saturated heterocycles. The normalized spacial score (nSPS) is 11.1. The predicted octanol–water partition coefficient (Wildman–Crippen LogP) is 5.92. The third kappa shape index (κ3) is 5.22. The third-order valence-electron chi connectivity index (χ3n) is 4.55. The number of carbonyl (C=O) groups excluding carboxylic acids is 1.